The number of carboxylic acid groups (broad SMARTS) is 1. The summed E-state index contributed by atoms with van der Waals surface area (Å²) < 4.78 is 0. The van der Waals surface area contributed by atoms with Gasteiger partial charge in [0.1, 0.15) is 11.6 Å². The van der Waals surface area contributed by atoms with E-state index >= 15 is 0 Å². The molecule has 0 aliphatic carbocycles. The summed E-state index contributed by atoms with van der Waals surface area (Å²) in [5.41, 5.74) is 2.55. The summed E-state index contributed by atoms with van der Waals surface area (Å²) in [6, 6.07) is 13.3. The Hall–Kier alpha value is -3.35. The summed E-state index contributed by atoms with van der Waals surface area (Å²) in [5, 5.41) is 21.0. The SMILES string of the molecule is Cc1ccc2c(N3CCC[C@@H](CN(CC(C)C)C(=O)O)C3)nc(-c3ccccc3O)nc2c1. The van der Waals surface area contributed by atoms with Crippen molar-refractivity contribution < 1.29 is 15.0 Å². The van der Waals surface area contributed by atoms with E-state index < -0.39 is 6.09 Å². The van der Waals surface area contributed by atoms with Crippen LogP contribution in [0.15, 0.2) is 42.5 Å². The summed E-state index contributed by atoms with van der Waals surface area (Å²) in [7, 11) is 0. The van der Waals surface area contributed by atoms with Crippen molar-refractivity contribution in [2.75, 3.05) is 31.1 Å². The predicted octanol–water partition coefficient (Wildman–Crippen LogP) is 5.16. The van der Waals surface area contributed by atoms with Gasteiger partial charge in [-0.2, -0.15) is 0 Å². The second-order valence-corrected chi connectivity index (χ2v) is 9.44. The van der Waals surface area contributed by atoms with Gasteiger partial charge in [-0.3, -0.25) is 0 Å². The van der Waals surface area contributed by atoms with Gasteiger partial charge in [-0.1, -0.05) is 32.0 Å². The van der Waals surface area contributed by atoms with Crippen LogP contribution in [0.5, 0.6) is 5.75 Å². The maximum absolute atomic E-state index is 11.8. The fourth-order valence-electron chi connectivity index (χ4n) is 4.64. The molecule has 3 aromatic rings. The minimum atomic E-state index is -0.856. The Kier molecular flexibility index (Phi) is 6.67. The van der Waals surface area contributed by atoms with E-state index in [1.807, 2.05) is 39.0 Å². The molecule has 0 saturated carbocycles. The molecule has 0 spiro atoms. The molecule has 2 heterocycles. The molecule has 0 bridgehead atoms. The standard InChI is InChI=1S/C26H32N4O3/c1-17(2)14-30(26(32)33)16-19-7-6-12-29(15-19)25-20-11-10-18(3)13-22(20)27-24(28-25)21-8-4-5-9-23(21)31/h4-5,8-11,13,17,19,31H,6-7,12,14-16H2,1-3H3,(H,32,33)/t19-/m1/s1. The number of phenols is 1. The number of hydrogen-bond donors (Lipinski definition) is 2. The van der Waals surface area contributed by atoms with Crippen LogP contribution in [-0.4, -0.2) is 57.4 Å². The minimum absolute atomic E-state index is 0.151. The summed E-state index contributed by atoms with van der Waals surface area (Å²) in [4.78, 5) is 25.2. The molecule has 1 fully saturated rings. The summed E-state index contributed by atoms with van der Waals surface area (Å²) in [6.45, 7) is 8.78. The number of anilines is 1. The number of benzene rings is 2. The predicted molar refractivity (Wildman–Crippen MR) is 131 cm³/mol. The van der Waals surface area contributed by atoms with Crippen molar-refractivity contribution >= 4 is 22.8 Å². The van der Waals surface area contributed by atoms with Gasteiger partial charge in [0.05, 0.1) is 11.1 Å². The van der Waals surface area contributed by atoms with E-state index in [0.29, 0.717) is 24.5 Å². The highest BCUT2D eigenvalue weighted by molar-refractivity contribution is 5.92. The Morgan fingerprint density at radius 2 is 2.00 bits per heavy atom. The van der Waals surface area contributed by atoms with Crippen LogP contribution in [0.1, 0.15) is 32.3 Å². The van der Waals surface area contributed by atoms with Crippen LogP contribution >= 0.6 is 0 Å². The molecule has 0 unspecified atom stereocenters. The molecule has 1 saturated heterocycles. The summed E-state index contributed by atoms with van der Waals surface area (Å²) in [6.07, 6.45) is 1.11. The van der Waals surface area contributed by atoms with Crippen molar-refractivity contribution in [2.24, 2.45) is 11.8 Å². The van der Waals surface area contributed by atoms with Crippen molar-refractivity contribution in [3.63, 3.8) is 0 Å². The molecule has 7 nitrogen and oxygen atoms in total. The van der Waals surface area contributed by atoms with Crippen LogP contribution in [0, 0.1) is 18.8 Å². The summed E-state index contributed by atoms with van der Waals surface area (Å²) >= 11 is 0. The zero-order valence-corrected chi connectivity index (χ0v) is 19.5. The fourth-order valence-corrected chi connectivity index (χ4v) is 4.64. The van der Waals surface area contributed by atoms with Gasteiger partial charge >= 0.3 is 6.09 Å². The lowest BCUT2D eigenvalue weighted by atomic mass is 9.96. The van der Waals surface area contributed by atoms with Crippen molar-refractivity contribution in [2.45, 2.75) is 33.6 Å². The number of hydrogen-bond acceptors (Lipinski definition) is 5. The minimum Gasteiger partial charge on any atom is -0.507 e. The molecule has 1 amide bonds. The summed E-state index contributed by atoms with van der Waals surface area (Å²) in [5.74, 6) is 2.01. The molecule has 2 aromatic carbocycles. The molecule has 1 atom stereocenters. The first-order valence-corrected chi connectivity index (χ1v) is 11.6. The number of fused-ring (bicyclic) bond motifs is 1. The molecule has 33 heavy (non-hydrogen) atoms. The average Bonchev–Trinajstić information content (AvgIpc) is 2.78. The van der Waals surface area contributed by atoms with Crippen molar-refractivity contribution in [3.8, 4) is 17.1 Å². The van der Waals surface area contributed by atoms with Crippen LogP contribution in [0.3, 0.4) is 0 Å². The monoisotopic (exact) mass is 448 g/mol. The zero-order valence-electron chi connectivity index (χ0n) is 19.5. The lowest BCUT2D eigenvalue weighted by Gasteiger charge is -2.36. The Bertz CT molecular complexity index is 1150. The average molecular weight is 449 g/mol. The number of phenolic OH excluding ortho intramolecular Hbond substituents is 1. The molecule has 174 valence electrons. The first-order valence-electron chi connectivity index (χ1n) is 11.6. The van der Waals surface area contributed by atoms with Crippen LogP contribution in [-0.2, 0) is 0 Å². The zero-order chi connectivity index (χ0) is 23.5. The van der Waals surface area contributed by atoms with Gasteiger partial charge < -0.3 is 20.0 Å². The molecular weight excluding hydrogens is 416 g/mol. The lowest BCUT2D eigenvalue weighted by Crippen LogP contribution is -2.44. The van der Waals surface area contributed by atoms with E-state index in [0.717, 1.165) is 48.2 Å². The van der Waals surface area contributed by atoms with Crippen LogP contribution in [0.4, 0.5) is 10.6 Å². The molecule has 7 heteroatoms. The molecule has 2 N–H and O–H groups in total. The molecule has 1 aliphatic heterocycles. The van der Waals surface area contributed by atoms with Crippen molar-refractivity contribution in [3.05, 3.63) is 48.0 Å². The smallest absolute Gasteiger partial charge is 0.407 e. The van der Waals surface area contributed by atoms with E-state index in [-0.39, 0.29) is 17.6 Å². The number of aryl methyl sites for hydroxylation is 1. The van der Waals surface area contributed by atoms with Crippen LogP contribution in [0.2, 0.25) is 0 Å². The third-order valence-corrected chi connectivity index (χ3v) is 6.13. The van der Waals surface area contributed by atoms with E-state index in [1.54, 1.807) is 17.0 Å². The normalized spacial score (nSPS) is 16.4. The number of aromatic hydroxyl groups is 1. The van der Waals surface area contributed by atoms with Crippen LogP contribution in [0.25, 0.3) is 22.3 Å². The van der Waals surface area contributed by atoms with Crippen molar-refractivity contribution in [1.82, 2.24) is 14.9 Å². The highest BCUT2D eigenvalue weighted by Gasteiger charge is 2.27. The highest BCUT2D eigenvalue weighted by atomic mass is 16.4. The highest BCUT2D eigenvalue weighted by Crippen LogP contribution is 2.33. The number of carbonyl (C=O) groups is 1. The van der Waals surface area contributed by atoms with Gasteiger partial charge in [0.15, 0.2) is 5.82 Å². The van der Waals surface area contributed by atoms with Gasteiger partial charge in [-0.05, 0) is 61.4 Å². The Balaban J connectivity index is 1.69. The van der Waals surface area contributed by atoms with Gasteiger partial charge in [0, 0.05) is 31.6 Å². The largest absolute Gasteiger partial charge is 0.507 e. The van der Waals surface area contributed by atoms with Crippen molar-refractivity contribution in [1.29, 1.82) is 0 Å². The van der Waals surface area contributed by atoms with Gasteiger partial charge in [0.25, 0.3) is 0 Å². The van der Waals surface area contributed by atoms with Crippen LogP contribution < -0.4 is 4.90 Å². The third kappa shape index (κ3) is 5.18. The van der Waals surface area contributed by atoms with E-state index in [1.165, 1.54) is 0 Å². The number of rotatable bonds is 6. The number of amides is 1. The fraction of sp³-hybridized carbons (Fsp3) is 0.423. The molecule has 0 radical (unpaired) electrons. The van der Waals surface area contributed by atoms with E-state index in [4.69, 9.17) is 9.97 Å². The molecule has 1 aliphatic rings. The Morgan fingerprint density at radius 1 is 1.21 bits per heavy atom. The quantitative estimate of drug-likeness (QED) is 0.541. The first kappa shape index (κ1) is 22.8. The maximum Gasteiger partial charge on any atom is 0.407 e. The molecule has 1 aromatic heterocycles. The molecule has 4 rings (SSSR count). The van der Waals surface area contributed by atoms with E-state index in [9.17, 15) is 15.0 Å². The van der Waals surface area contributed by atoms with Gasteiger partial charge in [-0.25, -0.2) is 14.8 Å². The number of piperidine rings is 1. The van der Waals surface area contributed by atoms with Gasteiger partial charge in [0.2, 0.25) is 0 Å². The Labute approximate surface area is 194 Å². The van der Waals surface area contributed by atoms with E-state index in [2.05, 4.69) is 17.0 Å². The number of aromatic nitrogens is 2. The maximum atomic E-state index is 11.8. The first-order chi connectivity index (χ1) is 15.8. The lowest BCUT2D eigenvalue weighted by molar-refractivity contribution is 0.128. The second-order valence-electron chi connectivity index (χ2n) is 9.44. The third-order valence-electron chi connectivity index (χ3n) is 6.13. The number of para-hydroxylation sites is 1. The second kappa shape index (κ2) is 9.65. The van der Waals surface area contributed by atoms with Gasteiger partial charge in [-0.15, -0.1) is 0 Å². The molecular formula is C26H32N4O3. The Morgan fingerprint density at radius 3 is 2.73 bits per heavy atom. The topological polar surface area (TPSA) is 89.8 Å². The number of nitrogens with zero attached hydrogens (tertiary/aromatic N) is 4.